The molecule has 2 N–H and O–H groups in total. The number of benzene rings is 2. The molecule has 0 aliphatic rings. The van der Waals surface area contributed by atoms with E-state index in [-0.39, 0.29) is 11.9 Å². The van der Waals surface area contributed by atoms with Crippen molar-refractivity contribution in [3.63, 3.8) is 0 Å². The summed E-state index contributed by atoms with van der Waals surface area (Å²) in [6.45, 7) is 1.97. The van der Waals surface area contributed by atoms with E-state index in [0.29, 0.717) is 17.0 Å². The van der Waals surface area contributed by atoms with Gasteiger partial charge < -0.3 is 5.73 Å². The van der Waals surface area contributed by atoms with Crippen molar-refractivity contribution in [3.8, 4) is 0 Å². The molecule has 0 bridgehead atoms. The first-order valence-corrected chi connectivity index (χ1v) is 7.10. The average molecular weight is 343 g/mol. The van der Waals surface area contributed by atoms with E-state index in [1.165, 1.54) is 6.07 Å². The third-order valence-electron chi connectivity index (χ3n) is 3.01. The maximum absolute atomic E-state index is 13.8. The van der Waals surface area contributed by atoms with Crippen molar-refractivity contribution in [2.24, 2.45) is 5.73 Å². The van der Waals surface area contributed by atoms with Crippen molar-refractivity contribution in [2.75, 3.05) is 0 Å². The molecule has 19 heavy (non-hydrogen) atoms. The van der Waals surface area contributed by atoms with Crippen LogP contribution in [0.3, 0.4) is 0 Å². The number of nitrogens with two attached hydrogens (primary N) is 1. The molecule has 2 aromatic rings. The highest BCUT2D eigenvalue weighted by atomic mass is 79.9. The van der Waals surface area contributed by atoms with E-state index in [2.05, 4.69) is 15.9 Å². The molecule has 0 amide bonds. The smallest absolute Gasteiger partial charge is 0.127 e. The monoisotopic (exact) mass is 341 g/mol. The highest BCUT2D eigenvalue weighted by molar-refractivity contribution is 9.10. The van der Waals surface area contributed by atoms with Crippen LogP contribution in [0.5, 0.6) is 0 Å². The molecule has 0 saturated heterocycles. The minimum absolute atomic E-state index is 0.256. The van der Waals surface area contributed by atoms with Crippen molar-refractivity contribution in [2.45, 2.75) is 19.4 Å². The summed E-state index contributed by atoms with van der Waals surface area (Å²) in [6, 6.07) is 10.4. The van der Waals surface area contributed by atoms with E-state index in [9.17, 15) is 4.39 Å². The van der Waals surface area contributed by atoms with Gasteiger partial charge in [-0.15, -0.1) is 0 Å². The van der Waals surface area contributed by atoms with Gasteiger partial charge >= 0.3 is 0 Å². The first-order valence-electron chi connectivity index (χ1n) is 5.93. The van der Waals surface area contributed by atoms with Gasteiger partial charge in [0, 0.05) is 15.5 Å². The summed E-state index contributed by atoms with van der Waals surface area (Å²) in [5, 5.41) is 0.630. The third-order valence-corrected chi connectivity index (χ3v) is 3.83. The van der Waals surface area contributed by atoms with Crippen molar-refractivity contribution in [1.29, 1.82) is 0 Å². The number of rotatable bonds is 3. The molecule has 1 atom stereocenters. The highest BCUT2D eigenvalue weighted by Gasteiger charge is 2.13. The minimum Gasteiger partial charge on any atom is -0.324 e. The van der Waals surface area contributed by atoms with Gasteiger partial charge in [0.15, 0.2) is 0 Å². The molecule has 0 aliphatic carbocycles. The van der Waals surface area contributed by atoms with E-state index >= 15 is 0 Å². The lowest BCUT2D eigenvalue weighted by atomic mass is 9.98. The quantitative estimate of drug-likeness (QED) is 0.852. The van der Waals surface area contributed by atoms with E-state index in [1.807, 2.05) is 31.2 Å². The van der Waals surface area contributed by atoms with Gasteiger partial charge in [-0.05, 0) is 48.2 Å². The Kier molecular flexibility index (Phi) is 4.61. The fraction of sp³-hybridized carbons (Fsp3) is 0.200. The maximum Gasteiger partial charge on any atom is 0.127 e. The van der Waals surface area contributed by atoms with E-state index in [0.717, 1.165) is 15.6 Å². The van der Waals surface area contributed by atoms with Crippen molar-refractivity contribution >= 4 is 27.5 Å². The van der Waals surface area contributed by atoms with Gasteiger partial charge in [0.05, 0.1) is 0 Å². The summed E-state index contributed by atoms with van der Waals surface area (Å²) in [6.07, 6.45) is 0.419. The zero-order valence-corrected chi connectivity index (χ0v) is 12.8. The predicted octanol–water partition coefficient (Wildman–Crippen LogP) is 4.79. The lowest BCUT2D eigenvalue weighted by molar-refractivity contribution is 0.592. The topological polar surface area (TPSA) is 26.0 Å². The van der Waals surface area contributed by atoms with Crippen LogP contribution in [0.1, 0.15) is 22.7 Å². The van der Waals surface area contributed by atoms with Crippen molar-refractivity contribution in [3.05, 3.63) is 68.4 Å². The number of hydrogen-bond donors (Lipinski definition) is 1. The molecule has 100 valence electrons. The third kappa shape index (κ3) is 3.56. The Morgan fingerprint density at radius 3 is 2.63 bits per heavy atom. The van der Waals surface area contributed by atoms with Gasteiger partial charge in [-0.2, -0.15) is 0 Å². The maximum atomic E-state index is 13.8. The fourth-order valence-corrected chi connectivity index (χ4v) is 2.68. The SMILES string of the molecule is Cc1ccc(C(N)Cc2ccc(Br)cc2F)c(Cl)c1. The second-order valence-corrected chi connectivity index (χ2v) is 5.89. The van der Waals surface area contributed by atoms with E-state index < -0.39 is 0 Å². The number of aryl methyl sites for hydroxylation is 1. The molecule has 0 saturated carbocycles. The summed E-state index contributed by atoms with van der Waals surface area (Å²) in [5.74, 6) is -0.256. The summed E-state index contributed by atoms with van der Waals surface area (Å²) in [7, 11) is 0. The molecule has 0 fully saturated rings. The van der Waals surface area contributed by atoms with Crippen LogP contribution < -0.4 is 5.73 Å². The normalized spacial score (nSPS) is 12.5. The summed E-state index contributed by atoms with van der Waals surface area (Å²) in [5.41, 5.74) is 8.63. The van der Waals surface area contributed by atoms with Gasteiger partial charge in [-0.25, -0.2) is 4.39 Å². The summed E-state index contributed by atoms with van der Waals surface area (Å²) >= 11 is 9.41. The van der Waals surface area contributed by atoms with Crippen LogP contribution in [-0.4, -0.2) is 0 Å². The van der Waals surface area contributed by atoms with Gasteiger partial charge in [0.1, 0.15) is 5.82 Å². The van der Waals surface area contributed by atoms with E-state index in [4.69, 9.17) is 17.3 Å². The zero-order chi connectivity index (χ0) is 14.0. The van der Waals surface area contributed by atoms with Crippen LogP contribution in [-0.2, 0) is 6.42 Å². The van der Waals surface area contributed by atoms with Crippen LogP contribution in [0.2, 0.25) is 5.02 Å². The largest absolute Gasteiger partial charge is 0.324 e. The molecule has 2 rings (SSSR count). The summed E-state index contributed by atoms with van der Waals surface area (Å²) in [4.78, 5) is 0. The molecule has 0 heterocycles. The lowest BCUT2D eigenvalue weighted by Crippen LogP contribution is -2.14. The van der Waals surface area contributed by atoms with Crippen LogP contribution >= 0.6 is 27.5 Å². The molecule has 0 radical (unpaired) electrons. The molecule has 1 nitrogen and oxygen atoms in total. The second-order valence-electron chi connectivity index (χ2n) is 4.57. The first-order chi connectivity index (χ1) is 8.97. The Balaban J connectivity index is 2.23. The van der Waals surface area contributed by atoms with Crippen LogP contribution in [0.4, 0.5) is 4.39 Å². The lowest BCUT2D eigenvalue weighted by Gasteiger charge is -2.15. The van der Waals surface area contributed by atoms with Crippen molar-refractivity contribution < 1.29 is 4.39 Å². The standard InChI is InChI=1S/C15H14BrClFN/c1-9-2-5-12(13(17)6-9)15(19)7-10-3-4-11(16)8-14(10)18/h2-6,8,15H,7,19H2,1H3. The highest BCUT2D eigenvalue weighted by Crippen LogP contribution is 2.26. The molecule has 4 heteroatoms. The fourth-order valence-electron chi connectivity index (χ4n) is 1.97. The van der Waals surface area contributed by atoms with Crippen LogP contribution in [0.15, 0.2) is 40.9 Å². The molecule has 1 unspecified atom stereocenters. The summed E-state index contributed by atoms with van der Waals surface area (Å²) < 4.78 is 14.5. The molecular formula is C15H14BrClFN. The number of hydrogen-bond acceptors (Lipinski definition) is 1. The Morgan fingerprint density at radius 2 is 2.00 bits per heavy atom. The van der Waals surface area contributed by atoms with Gasteiger partial charge in [-0.3, -0.25) is 0 Å². The number of halogens is 3. The Bertz CT molecular complexity index is 601. The second kappa shape index (κ2) is 6.04. The predicted molar refractivity (Wildman–Crippen MR) is 80.9 cm³/mol. The molecule has 0 aliphatic heterocycles. The van der Waals surface area contributed by atoms with Gasteiger partial charge in [-0.1, -0.05) is 45.7 Å². The molecule has 2 aromatic carbocycles. The Labute approximate surface area is 125 Å². The average Bonchev–Trinajstić information content (AvgIpc) is 2.32. The molecule has 0 spiro atoms. The van der Waals surface area contributed by atoms with E-state index in [1.54, 1.807) is 6.07 Å². The van der Waals surface area contributed by atoms with Crippen molar-refractivity contribution in [1.82, 2.24) is 0 Å². The van der Waals surface area contributed by atoms with Gasteiger partial charge in [0.25, 0.3) is 0 Å². The Morgan fingerprint density at radius 1 is 1.26 bits per heavy atom. The molecule has 0 aromatic heterocycles. The minimum atomic E-state index is -0.316. The van der Waals surface area contributed by atoms with Crippen LogP contribution in [0.25, 0.3) is 0 Å². The van der Waals surface area contributed by atoms with Gasteiger partial charge in [0.2, 0.25) is 0 Å². The van der Waals surface area contributed by atoms with Crippen LogP contribution in [0, 0.1) is 12.7 Å². The molecular weight excluding hydrogens is 329 g/mol. The first kappa shape index (κ1) is 14.5. The Hall–Kier alpha value is -0.900. The zero-order valence-electron chi connectivity index (χ0n) is 10.5.